The summed E-state index contributed by atoms with van der Waals surface area (Å²) in [6.07, 6.45) is 0.814. The largest absolute Gasteiger partial charge is 0.383 e. The molecule has 0 bridgehead atoms. The van der Waals surface area contributed by atoms with Crippen molar-refractivity contribution in [2.24, 2.45) is 5.41 Å². The average Bonchev–Trinajstić information content (AvgIpc) is 2.72. The zero-order chi connectivity index (χ0) is 18.3. The molecule has 0 unspecified atom stereocenters. The van der Waals surface area contributed by atoms with Gasteiger partial charge in [0.25, 0.3) is 0 Å². The molecule has 1 fully saturated rings. The van der Waals surface area contributed by atoms with Crippen molar-refractivity contribution in [1.82, 2.24) is 9.55 Å². The number of ether oxygens (including phenoxy) is 1. The van der Waals surface area contributed by atoms with Crippen molar-refractivity contribution in [3.05, 3.63) is 22.2 Å². The van der Waals surface area contributed by atoms with Crippen LogP contribution in [0.5, 0.6) is 0 Å². The lowest BCUT2D eigenvalue weighted by atomic mass is 9.87. The van der Waals surface area contributed by atoms with E-state index >= 15 is 0 Å². The van der Waals surface area contributed by atoms with Crippen molar-refractivity contribution in [3.8, 4) is 0 Å². The van der Waals surface area contributed by atoms with Crippen LogP contribution in [0.4, 0.5) is 5.82 Å². The third kappa shape index (κ3) is 5.08. The number of hydrogen-bond acceptors (Lipinski definition) is 6. The van der Waals surface area contributed by atoms with Crippen molar-refractivity contribution >= 4 is 24.3 Å². The van der Waals surface area contributed by atoms with Gasteiger partial charge in [0.15, 0.2) is 0 Å². The summed E-state index contributed by atoms with van der Waals surface area (Å²) in [6.45, 7) is 4.02. The van der Waals surface area contributed by atoms with Crippen molar-refractivity contribution in [2.45, 2.75) is 59.0 Å². The fraction of sp³-hybridized carbons (Fsp3) is 0.714. The number of aryl methyl sites for hydroxylation is 1. The van der Waals surface area contributed by atoms with Gasteiger partial charge in [-0.15, -0.1) is 0 Å². The topological polar surface area (TPSA) is 120 Å². The smallest absolute Gasteiger partial charge is 0.351 e. The number of nitrogens with zero attached hydrogens (tertiary/aromatic N) is 2. The van der Waals surface area contributed by atoms with E-state index in [2.05, 4.69) is 16.8 Å². The number of hydrogen-bond donors (Lipinski definition) is 3. The number of aromatic nitrogens is 2. The van der Waals surface area contributed by atoms with Crippen LogP contribution >= 0.6 is 6.72 Å². The molecule has 1 saturated heterocycles. The van der Waals surface area contributed by atoms with Gasteiger partial charge in [-0.25, -0.2) is 4.79 Å². The van der Waals surface area contributed by atoms with E-state index in [0.717, 1.165) is 0 Å². The van der Waals surface area contributed by atoms with Gasteiger partial charge in [-0.1, -0.05) is 20.8 Å². The van der Waals surface area contributed by atoms with E-state index in [-0.39, 0.29) is 17.7 Å². The molecule has 24 heavy (non-hydrogen) atoms. The standard InChI is InChI=1S/C14H24N3O5PS/c1-8-7-17(13(18)16-12(8)15)11-5-9(22-23(19,20)24)10(21-11)6-14(2,3)4/h7,9-11H,5-6H2,1-4H3,(H2,15,16,18)(H2,19,20,24)/t9-,10-,11-/m1/s1. The number of anilines is 1. The van der Waals surface area contributed by atoms with Crippen LogP contribution in [-0.4, -0.2) is 31.5 Å². The van der Waals surface area contributed by atoms with E-state index in [4.69, 9.17) is 15.0 Å². The Kier molecular flexibility index (Phi) is 5.54. The van der Waals surface area contributed by atoms with Crippen LogP contribution in [0.15, 0.2) is 11.0 Å². The fourth-order valence-corrected chi connectivity index (χ4v) is 3.64. The molecule has 0 saturated carbocycles. The monoisotopic (exact) mass is 377 g/mol. The molecule has 10 heteroatoms. The lowest BCUT2D eigenvalue weighted by molar-refractivity contribution is -0.0358. The predicted octanol–water partition coefficient (Wildman–Crippen LogP) is 1.45. The number of rotatable bonds is 4. The van der Waals surface area contributed by atoms with Crippen LogP contribution in [0.25, 0.3) is 0 Å². The molecule has 1 aliphatic rings. The lowest BCUT2D eigenvalue weighted by Crippen LogP contribution is -2.29. The highest BCUT2D eigenvalue weighted by Crippen LogP contribution is 2.45. The molecular formula is C14H24N3O5PS. The van der Waals surface area contributed by atoms with Crippen LogP contribution in [0.1, 0.15) is 45.4 Å². The van der Waals surface area contributed by atoms with E-state index in [1.54, 1.807) is 13.1 Å². The molecule has 1 aromatic heterocycles. The van der Waals surface area contributed by atoms with Crippen LogP contribution in [0.3, 0.4) is 0 Å². The molecule has 0 amide bonds. The minimum atomic E-state index is -3.83. The molecule has 1 aromatic rings. The van der Waals surface area contributed by atoms with Crippen LogP contribution < -0.4 is 11.4 Å². The molecule has 1 aliphatic heterocycles. The van der Waals surface area contributed by atoms with Gasteiger partial charge in [-0.2, -0.15) is 4.98 Å². The Labute approximate surface area is 145 Å². The molecule has 2 rings (SSSR count). The summed E-state index contributed by atoms with van der Waals surface area (Å²) in [7, 11) is 0. The highest BCUT2D eigenvalue weighted by atomic mass is 32.5. The summed E-state index contributed by atoms with van der Waals surface area (Å²) in [6, 6.07) is 0. The van der Waals surface area contributed by atoms with Gasteiger partial charge in [0.1, 0.15) is 12.0 Å². The third-order valence-corrected chi connectivity index (χ3v) is 4.55. The minimum Gasteiger partial charge on any atom is -0.383 e. The number of nitrogen functional groups attached to an aromatic ring is 1. The predicted molar refractivity (Wildman–Crippen MR) is 93.8 cm³/mol. The molecule has 2 heterocycles. The fourth-order valence-electron chi connectivity index (χ4n) is 2.73. The zero-order valence-electron chi connectivity index (χ0n) is 14.2. The molecule has 136 valence electrons. The second kappa shape index (κ2) is 6.82. The highest BCUT2D eigenvalue weighted by molar-refractivity contribution is 8.06. The van der Waals surface area contributed by atoms with Crippen LogP contribution in [0.2, 0.25) is 0 Å². The van der Waals surface area contributed by atoms with Gasteiger partial charge in [-0.05, 0) is 30.6 Å². The zero-order valence-corrected chi connectivity index (χ0v) is 15.9. The summed E-state index contributed by atoms with van der Waals surface area (Å²) in [5.41, 5.74) is 5.70. The van der Waals surface area contributed by atoms with Gasteiger partial charge >= 0.3 is 12.4 Å². The molecule has 0 radical (unpaired) electrons. The second-order valence-electron chi connectivity index (χ2n) is 7.26. The Morgan fingerprint density at radius 3 is 2.71 bits per heavy atom. The SMILES string of the molecule is Cc1cn([C@H]2C[C@@H](OP(O)(O)=S)[C@@H](CC(C)(C)C)O2)c(=O)nc1N. The first-order chi connectivity index (χ1) is 10.9. The summed E-state index contributed by atoms with van der Waals surface area (Å²) in [4.78, 5) is 34.9. The number of nitrogens with two attached hydrogens (primary N) is 1. The van der Waals surface area contributed by atoms with Crippen molar-refractivity contribution < 1.29 is 19.0 Å². The maximum atomic E-state index is 12.1. The Hall–Kier alpha value is -0.830. The molecule has 4 N–H and O–H groups in total. The third-order valence-electron chi connectivity index (χ3n) is 3.75. The molecule has 0 aromatic carbocycles. The van der Waals surface area contributed by atoms with Gasteiger partial charge in [0.2, 0.25) is 0 Å². The van der Waals surface area contributed by atoms with Crippen molar-refractivity contribution in [3.63, 3.8) is 0 Å². The summed E-state index contributed by atoms with van der Waals surface area (Å²) in [5.74, 6) is 0.175. The van der Waals surface area contributed by atoms with E-state index < -0.39 is 30.8 Å². The quantitative estimate of drug-likeness (QED) is 0.675. The summed E-state index contributed by atoms with van der Waals surface area (Å²) >= 11 is 4.58. The van der Waals surface area contributed by atoms with E-state index in [0.29, 0.717) is 12.0 Å². The van der Waals surface area contributed by atoms with E-state index in [9.17, 15) is 14.6 Å². The molecule has 8 nitrogen and oxygen atoms in total. The normalized spacial score (nSPS) is 25.2. The lowest BCUT2D eigenvalue weighted by Gasteiger charge is -2.27. The van der Waals surface area contributed by atoms with Crippen LogP contribution in [0, 0.1) is 12.3 Å². The van der Waals surface area contributed by atoms with Gasteiger partial charge in [-0.3, -0.25) is 4.57 Å². The van der Waals surface area contributed by atoms with Gasteiger partial charge in [0.05, 0.1) is 12.2 Å². The molecule has 0 aliphatic carbocycles. The van der Waals surface area contributed by atoms with Crippen molar-refractivity contribution in [1.29, 1.82) is 0 Å². The maximum absolute atomic E-state index is 12.1. The Morgan fingerprint density at radius 2 is 2.17 bits per heavy atom. The Bertz CT molecular complexity index is 711. The van der Waals surface area contributed by atoms with Crippen molar-refractivity contribution in [2.75, 3.05) is 5.73 Å². The minimum absolute atomic E-state index is 0.0745. The summed E-state index contributed by atoms with van der Waals surface area (Å²) in [5, 5.41) is 0. The molecule has 0 spiro atoms. The van der Waals surface area contributed by atoms with E-state index in [1.807, 2.05) is 20.8 Å². The first-order valence-corrected chi connectivity index (χ1v) is 10.2. The summed E-state index contributed by atoms with van der Waals surface area (Å²) < 4.78 is 12.6. The van der Waals surface area contributed by atoms with Crippen LogP contribution in [-0.2, 0) is 21.1 Å². The molecular weight excluding hydrogens is 353 g/mol. The first kappa shape index (κ1) is 19.5. The van der Waals surface area contributed by atoms with Gasteiger partial charge < -0.3 is 24.8 Å². The highest BCUT2D eigenvalue weighted by Gasteiger charge is 2.41. The average molecular weight is 377 g/mol. The molecule has 3 atom stereocenters. The van der Waals surface area contributed by atoms with E-state index in [1.165, 1.54) is 4.57 Å². The Morgan fingerprint density at radius 1 is 1.54 bits per heavy atom. The maximum Gasteiger partial charge on any atom is 0.351 e. The van der Waals surface area contributed by atoms with Gasteiger partial charge in [0, 0.05) is 18.2 Å². The first-order valence-electron chi connectivity index (χ1n) is 7.60. The Balaban J connectivity index is 2.29. The second-order valence-corrected chi connectivity index (χ2v) is 9.88.